The Morgan fingerprint density at radius 1 is 1.25 bits per heavy atom. The third-order valence-corrected chi connectivity index (χ3v) is 4.35. The minimum Gasteiger partial charge on any atom is -0.494 e. The first-order valence-electron chi connectivity index (χ1n) is 6.81. The molecule has 2 atom stereocenters. The van der Waals surface area contributed by atoms with Crippen molar-refractivity contribution in [3.63, 3.8) is 0 Å². The van der Waals surface area contributed by atoms with Gasteiger partial charge in [0.1, 0.15) is 5.75 Å². The third-order valence-electron chi connectivity index (χ3n) is 3.47. The van der Waals surface area contributed by atoms with Gasteiger partial charge < -0.3 is 15.6 Å². The topological polar surface area (TPSA) is 55.5 Å². The Labute approximate surface area is 124 Å². The fourth-order valence-corrected chi connectivity index (χ4v) is 3.20. The van der Waals surface area contributed by atoms with Gasteiger partial charge in [-0.2, -0.15) is 11.3 Å². The van der Waals surface area contributed by atoms with E-state index in [0.29, 0.717) is 13.2 Å². The maximum Gasteiger partial charge on any atom is 0.119 e. The number of rotatable bonds is 6. The molecule has 1 aromatic heterocycles. The van der Waals surface area contributed by atoms with E-state index in [9.17, 15) is 5.11 Å². The highest BCUT2D eigenvalue weighted by Gasteiger charge is 2.23. The van der Waals surface area contributed by atoms with Crippen molar-refractivity contribution < 1.29 is 9.84 Å². The summed E-state index contributed by atoms with van der Waals surface area (Å²) >= 11 is 1.61. The number of aliphatic hydroxyl groups is 1. The highest BCUT2D eigenvalue weighted by Crippen LogP contribution is 2.34. The van der Waals surface area contributed by atoms with E-state index in [1.54, 1.807) is 11.3 Å². The minimum absolute atomic E-state index is 0.0982. The first-order chi connectivity index (χ1) is 9.67. The molecule has 2 aromatic rings. The second kappa shape index (κ2) is 6.88. The standard InChI is InChI=1S/C16H21NO2S/c1-3-19-13-6-4-12(5-7-13)14(8-17)16(18)15-10-20-9-11(15)2/h4-7,9-10,14,16,18H,3,8,17H2,1-2H3. The lowest BCUT2D eigenvalue weighted by Gasteiger charge is -2.22. The van der Waals surface area contributed by atoms with Crippen molar-refractivity contribution in [1.29, 1.82) is 0 Å². The molecule has 1 heterocycles. The van der Waals surface area contributed by atoms with Gasteiger partial charge in [0.05, 0.1) is 12.7 Å². The van der Waals surface area contributed by atoms with Crippen molar-refractivity contribution >= 4 is 11.3 Å². The number of hydrogen-bond acceptors (Lipinski definition) is 4. The highest BCUT2D eigenvalue weighted by molar-refractivity contribution is 7.08. The van der Waals surface area contributed by atoms with Crippen LogP contribution in [0.5, 0.6) is 5.75 Å². The van der Waals surface area contributed by atoms with Gasteiger partial charge >= 0.3 is 0 Å². The van der Waals surface area contributed by atoms with Crippen molar-refractivity contribution in [3.05, 3.63) is 51.7 Å². The second-order valence-corrected chi connectivity index (χ2v) is 5.54. The fraction of sp³-hybridized carbons (Fsp3) is 0.375. The summed E-state index contributed by atoms with van der Waals surface area (Å²) in [5.41, 5.74) is 9.00. The predicted octanol–water partition coefficient (Wildman–Crippen LogP) is 3.23. The molecule has 0 amide bonds. The summed E-state index contributed by atoms with van der Waals surface area (Å²) < 4.78 is 5.43. The lowest BCUT2D eigenvalue weighted by molar-refractivity contribution is 0.147. The molecule has 20 heavy (non-hydrogen) atoms. The zero-order valence-electron chi connectivity index (χ0n) is 11.9. The molecule has 0 aliphatic rings. The quantitative estimate of drug-likeness (QED) is 0.859. The molecule has 3 nitrogen and oxygen atoms in total. The smallest absolute Gasteiger partial charge is 0.119 e. The monoisotopic (exact) mass is 291 g/mol. The molecule has 0 saturated heterocycles. The van der Waals surface area contributed by atoms with Gasteiger partial charge in [0.25, 0.3) is 0 Å². The molecule has 108 valence electrons. The molecular formula is C16H21NO2S. The van der Waals surface area contributed by atoms with Crippen LogP contribution in [0.2, 0.25) is 0 Å². The van der Waals surface area contributed by atoms with Gasteiger partial charge in [-0.3, -0.25) is 0 Å². The summed E-state index contributed by atoms with van der Waals surface area (Å²) in [5.74, 6) is 0.743. The summed E-state index contributed by atoms with van der Waals surface area (Å²) in [6, 6.07) is 7.81. The van der Waals surface area contributed by atoms with E-state index in [0.717, 1.165) is 22.4 Å². The Kier molecular flexibility index (Phi) is 5.17. The summed E-state index contributed by atoms with van der Waals surface area (Å²) in [4.78, 5) is 0. The van der Waals surface area contributed by atoms with Crippen LogP contribution in [-0.2, 0) is 0 Å². The molecule has 2 rings (SSSR count). The highest BCUT2D eigenvalue weighted by atomic mass is 32.1. The maximum absolute atomic E-state index is 10.6. The van der Waals surface area contributed by atoms with E-state index in [1.165, 1.54) is 0 Å². The predicted molar refractivity (Wildman–Crippen MR) is 83.4 cm³/mol. The lowest BCUT2D eigenvalue weighted by atomic mass is 9.89. The Bertz CT molecular complexity index is 536. The van der Waals surface area contributed by atoms with Gasteiger partial charge in [-0.1, -0.05) is 12.1 Å². The molecule has 0 saturated carbocycles. The van der Waals surface area contributed by atoms with Gasteiger partial charge in [-0.25, -0.2) is 0 Å². The second-order valence-electron chi connectivity index (χ2n) is 4.80. The lowest BCUT2D eigenvalue weighted by Crippen LogP contribution is -2.20. The Hall–Kier alpha value is -1.36. The van der Waals surface area contributed by atoms with Crippen LogP contribution < -0.4 is 10.5 Å². The van der Waals surface area contributed by atoms with Gasteiger partial charge in [-0.15, -0.1) is 0 Å². The molecule has 3 N–H and O–H groups in total. The van der Waals surface area contributed by atoms with Crippen molar-refractivity contribution in [2.24, 2.45) is 5.73 Å². The number of nitrogens with two attached hydrogens (primary N) is 1. The first-order valence-corrected chi connectivity index (χ1v) is 7.75. The molecule has 0 fully saturated rings. The molecule has 1 aromatic carbocycles. The van der Waals surface area contributed by atoms with Crippen molar-refractivity contribution in [2.45, 2.75) is 25.9 Å². The van der Waals surface area contributed by atoms with Gasteiger partial charge in [-0.05, 0) is 53.4 Å². The normalized spacial score (nSPS) is 14.0. The summed E-state index contributed by atoms with van der Waals surface area (Å²) in [7, 11) is 0. The first kappa shape index (κ1) is 15.0. The Balaban J connectivity index is 2.21. The average Bonchev–Trinajstić information content (AvgIpc) is 2.88. The van der Waals surface area contributed by atoms with Gasteiger partial charge in [0, 0.05) is 12.5 Å². The summed E-state index contributed by atoms with van der Waals surface area (Å²) in [5, 5.41) is 14.6. The van der Waals surface area contributed by atoms with E-state index in [2.05, 4.69) is 0 Å². The fourth-order valence-electron chi connectivity index (χ4n) is 2.32. The zero-order valence-corrected chi connectivity index (χ0v) is 12.7. The molecule has 2 unspecified atom stereocenters. The number of hydrogen-bond donors (Lipinski definition) is 2. The summed E-state index contributed by atoms with van der Waals surface area (Å²) in [6.45, 7) is 5.03. The number of aryl methyl sites for hydroxylation is 1. The molecule has 0 spiro atoms. The number of ether oxygens (including phenoxy) is 1. The van der Waals surface area contributed by atoms with Crippen LogP contribution in [0.15, 0.2) is 35.0 Å². The van der Waals surface area contributed by atoms with Crippen LogP contribution in [0.3, 0.4) is 0 Å². The van der Waals surface area contributed by atoms with E-state index in [4.69, 9.17) is 10.5 Å². The number of benzene rings is 1. The largest absolute Gasteiger partial charge is 0.494 e. The van der Waals surface area contributed by atoms with E-state index >= 15 is 0 Å². The van der Waals surface area contributed by atoms with Crippen LogP contribution in [-0.4, -0.2) is 18.3 Å². The number of aliphatic hydroxyl groups excluding tert-OH is 1. The number of thiophene rings is 1. The Morgan fingerprint density at radius 2 is 1.95 bits per heavy atom. The van der Waals surface area contributed by atoms with E-state index in [-0.39, 0.29) is 5.92 Å². The van der Waals surface area contributed by atoms with E-state index in [1.807, 2.05) is 48.9 Å². The zero-order chi connectivity index (χ0) is 14.5. The van der Waals surface area contributed by atoms with Crippen LogP contribution in [0.1, 0.15) is 35.6 Å². The van der Waals surface area contributed by atoms with Crippen molar-refractivity contribution in [1.82, 2.24) is 0 Å². The molecule has 0 aliphatic heterocycles. The average molecular weight is 291 g/mol. The van der Waals surface area contributed by atoms with E-state index < -0.39 is 6.10 Å². The minimum atomic E-state index is -0.566. The van der Waals surface area contributed by atoms with Crippen LogP contribution in [0, 0.1) is 6.92 Å². The maximum atomic E-state index is 10.6. The van der Waals surface area contributed by atoms with Gasteiger partial charge in [0.15, 0.2) is 0 Å². The molecular weight excluding hydrogens is 270 g/mol. The van der Waals surface area contributed by atoms with Crippen LogP contribution in [0.4, 0.5) is 0 Å². The SMILES string of the molecule is CCOc1ccc(C(CN)C(O)c2cscc2C)cc1. The molecule has 0 radical (unpaired) electrons. The van der Waals surface area contributed by atoms with Crippen molar-refractivity contribution in [2.75, 3.05) is 13.2 Å². The van der Waals surface area contributed by atoms with Crippen LogP contribution >= 0.6 is 11.3 Å². The summed E-state index contributed by atoms with van der Waals surface area (Å²) in [6.07, 6.45) is -0.566. The molecule has 4 heteroatoms. The molecule has 0 aliphatic carbocycles. The molecule has 0 bridgehead atoms. The van der Waals surface area contributed by atoms with Crippen LogP contribution in [0.25, 0.3) is 0 Å². The van der Waals surface area contributed by atoms with Crippen molar-refractivity contribution in [3.8, 4) is 5.75 Å². The Morgan fingerprint density at radius 3 is 2.45 bits per heavy atom. The van der Waals surface area contributed by atoms with Gasteiger partial charge in [0.2, 0.25) is 0 Å². The third kappa shape index (κ3) is 3.20.